The molecule has 0 aliphatic heterocycles. The van der Waals surface area contributed by atoms with Crippen LogP contribution >= 0.6 is 11.6 Å². The maximum absolute atomic E-state index is 12.1. The lowest BCUT2D eigenvalue weighted by Gasteiger charge is -2.08. The summed E-state index contributed by atoms with van der Waals surface area (Å²) in [6.07, 6.45) is 1.35. The molecule has 3 rings (SSSR count). The molecule has 0 heterocycles. The molecule has 168 valence electrons. The van der Waals surface area contributed by atoms with Crippen LogP contribution in [0, 0.1) is 6.92 Å². The van der Waals surface area contributed by atoms with Crippen LogP contribution in [-0.4, -0.2) is 30.5 Å². The molecule has 0 aliphatic rings. The first kappa shape index (κ1) is 23.5. The van der Waals surface area contributed by atoms with Gasteiger partial charge in [-0.15, -0.1) is 0 Å². The molecule has 0 fully saturated rings. The van der Waals surface area contributed by atoms with E-state index in [1.54, 1.807) is 42.5 Å². The second-order valence-electron chi connectivity index (χ2n) is 6.94. The maximum Gasteiger partial charge on any atom is 0.329 e. The number of hydrogen-bond donors (Lipinski definition) is 3. The van der Waals surface area contributed by atoms with Crippen LogP contribution in [0.15, 0.2) is 77.9 Å². The summed E-state index contributed by atoms with van der Waals surface area (Å²) in [4.78, 5) is 35.9. The van der Waals surface area contributed by atoms with Gasteiger partial charge in [0.15, 0.2) is 6.61 Å². The Hall–Kier alpha value is -4.17. The number of carbonyl (C=O) groups is 3. The van der Waals surface area contributed by atoms with E-state index in [0.29, 0.717) is 27.7 Å². The van der Waals surface area contributed by atoms with Crippen LogP contribution in [0.4, 0.5) is 11.4 Å². The summed E-state index contributed by atoms with van der Waals surface area (Å²) in [5.74, 6) is -1.67. The summed E-state index contributed by atoms with van der Waals surface area (Å²) in [7, 11) is 0. The molecule has 0 aromatic heterocycles. The summed E-state index contributed by atoms with van der Waals surface area (Å²) in [5, 5.41) is 9.38. The number of nitrogens with zero attached hydrogens (tertiary/aromatic N) is 1. The van der Waals surface area contributed by atoms with Crippen LogP contribution in [0.25, 0.3) is 0 Å². The Labute approximate surface area is 195 Å². The van der Waals surface area contributed by atoms with Gasteiger partial charge in [-0.3, -0.25) is 14.4 Å². The molecule has 3 amide bonds. The number of carbonyl (C=O) groups excluding carboxylic acids is 3. The standard InChI is InChI=1S/C24H21ClN4O4/c1-16-8-10-19(11-9-16)27-22(30)15-33-21-7-2-4-17(12-21)14-26-29-24(32)23(31)28-20-6-3-5-18(25)13-20/h2-14H,15H2,1H3,(H,27,30)(H,28,31)(H,29,32)/b26-14-. The second kappa shape index (κ2) is 11.4. The molecule has 0 spiro atoms. The summed E-state index contributed by atoms with van der Waals surface area (Å²) < 4.78 is 5.51. The summed E-state index contributed by atoms with van der Waals surface area (Å²) in [6.45, 7) is 1.79. The number of benzene rings is 3. The average Bonchev–Trinajstić information content (AvgIpc) is 2.79. The zero-order valence-electron chi connectivity index (χ0n) is 17.7. The molecule has 9 heteroatoms. The minimum Gasteiger partial charge on any atom is -0.484 e. The van der Waals surface area contributed by atoms with Crippen LogP contribution in [0.1, 0.15) is 11.1 Å². The zero-order valence-corrected chi connectivity index (χ0v) is 18.4. The minimum absolute atomic E-state index is 0.172. The Morgan fingerprint density at radius 3 is 2.42 bits per heavy atom. The second-order valence-corrected chi connectivity index (χ2v) is 7.38. The Morgan fingerprint density at radius 2 is 1.67 bits per heavy atom. The first-order valence-electron chi connectivity index (χ1n) is 9.88. The van der Waals surface area contributed by atoms with Crippen molar-refractivity contribution in [3.05, 3.63) is 88.9 Å². The lowest BCUT2D eigenvalue weighted by atomic mass is 10.2. The molecule has 8 nitrogen and oxygen atoms in total. The Morgan fingerprint density at radius 1 is 0.909 bits per heavy atom. The summed E-state index contributed by atoms with van der Waals surface area (Å²) in [6, 6.07) is 20.6. The molecule has 3 N–H and O–H groups in total. The monoisotopic (exact) mass is 464 g/mol. The Bertz CT molecular complexity index is 1180. The van der Waals surface area contributed by atoms with Gasteiger partial charge in [0.1, 0.15) is 5.75 Å². The van der Waals surface area contributed by atoms with Gasteiger partial charge < -0.3 is 15.4 Å². The number of rotatable bonds is 7. The van der Waals surface area contributed by atoms with Gasteiger partial charge in [-0.1, -0.05) is 47.5 Å². The van der Waals surface area contributed by atoms with E-state index >= 15 is 0 Å². The van der Waals surface area contributed by atoms with E-state index in [9.17, 15) is 14.4 Å². The first-order valence-corrected chi connectivity index (χ1v) is 10.3. The number of amides is 3. The van der Waals surface area contributed by atoms with Gasteiger partial charge in [0.05, 0.1) is 6.21 Å². The van der Waals surface area contributed by atoms with Gasteiger partial charge in [0.2, 0.25) is 0 Å². The largest absolute Gasteiger partial charge is 0.484 e. The third-order valence-corrected chi connectivity index (χ3v) is 4.47. The van der Waals surface area contributed by atoms with Crippen molar-refractivity contribution < 1.29 is 19.1 Å². The zero-order chi connectivity index (χ0) is 23.6. The van der Waals surface area contributed by atoms with Gasteiger partial charge in [-0.2, -0.15) is 5.10 Å². The molecular formula is C24H21ClN4O4. The number of nitrogens with one attached hydrogen (secondary N) is 3. The molecule has 0 unspecified atom stereocenters. The van der Waals surface area contributed by atoms with Crippen molar-refractivity contribution in [2.45, 2.75) is 6.92 Å². The van der Waals surface area contributed by atoms with Crippen molar-refractivity contribution in [2.75, 3.05) is 17.2 Å². The third kappa shape index (κ3) is 7.79. The normalized spacial score (nSPS) is 10.5. The molecule has 0 aliphatic carbocycles. The highest BCUT2D eigenvalue weighted by molar-refractivity contribution is 6.39. The molecule has 0 bridgehead atoms. The van der Waals surface area contributed by atoms with Gasteiger partial charge in [-0.25, -0.2) is 5.43 Å². The number of anilines is 2. The highest BCUT2D eigenvalue weighted by Gasteiger charge is 2.13. The molecular weight excluding hydrogens is 444 g/mol. The summed E-state index contributed by atoms with van der Waals surface area (Å²) in [5.41, 5.74) is 4.92. The molecule has 0 saturated heterocycles. The molecule has 3 aromatic carbocycles. The topological polar surface area (TPSA) is 109 Å². The van der Waals surface area contributed by atoms with Crippen LogP contribution in [0.2, 0.25) is 5.02 Å². The number of aryl methyl sites for hydroxylation is 1. The third-order valence-electron chi connectivity index (χ3n) is 4.23. The van der Waals surface area contributed by atoms with Gasteiger partial charge in [-0.05, 0) is 55.0 Å². The predicted octanol–water partition coefficient (Wildman–Crippen LogP) is 3.75. The van der Waals surface area contributed by atoms with E-state index in [4.69, 9.17) is 16.3 Å². The fourth-order valence-corrected chi connectivity index (χ4v) is 2.83. The highest BCUT2D eigenvalue weighted by atomic mass is 35.5. The average molecular weight is 465 g/mol. The van der Waals surface area contributed by atoms with Crippen LogP contribution in [-0.2, 0) is 14.4 Å². The van der Waals surface area contributed by atoms with E-state index in [1.807, 2.05) is 31.2 Å². The smallest absolute Gasteiger partial charge is 0.329 e. The van der Waals surface area contributed by atoms with E-state index < -0.39 is 11.8 Å². The van der Waals surface area contributed by atoms with Crippen molar-refractivity contribution in [1.29, 1.82) is 0 Å². The van der Waals surface area contributed by atoms with E-state index in [2.05, 4.69) is 21.2 Å². The maximum atomic E-state index is 12.1. The lowest BCUT2D eigenvalue weighted by Crippen LogP contribution is -2.32. The molecule has 3 aromatic rings. The fourth-order valence-electron chi connectivity index (χ4n) is 2.64. The summed E-state index contributed by atoms with van der Waals surface area (Å²) >= 11 is 5.85. The van der Waals surface area contributed by atoms with Crippen LogP contribution < -0.4 is 20.8 Å². The number of hydrazone groups is 1. The Balaban J connectivity index is 1.47. The molecule has 0 atom stereocenters. The SMILES string of the molecule is Cc1ccc(NC(=O)COc2cccc(/C=N\NC(=O)C(=O)Nc3cccc(Cl)c3)c2)cc1. The molecule has 0 radical (unpaired) electrons. The highest BCUT2D eigenvalue weighted by Crippen LogP contribution is 2.15. The molecule has 33 heavy (non-hydrogen) atoms. The Kier molecular flexibility index (Phi) is 8.15. The van der Waals surface area contributed by atoms with Crippen LogP contribution in [0.5, 0.6) is 5.75 Å². The predicted molar refractivity (Wildman–Crippen MR) is 128 cm³/mol. The first-order chi connectivity index (χ1) is 15.9. The number of ether oxygens (including phenoxy) is 1. The fraction of sp³-hybridized carbons (Fsp3) is 0.0833. The van der Waals surface area contributed by atoms with E-state index in [0.717, 1.165) is 5.56 Å². The lowest BCUT2D eigenvalue weighted by molar-refractivity contribution is -0.136. The van der Waals surface area contributed by atoms with Crippen molar-refractivity contribution in [3.63, 3.8) is 0 Å². The van der Waals surface area contributed by atoms with Crippen molar-refractivity contribution >= 4 is 46.9 Å². The van der Waals surface area contributed by atoms with Gasteiger partial charge in [0.25, 0.3) is 5.91 Å². The van der Waals surface area contributed by atoms with Crippen molar-refractivity contribution in [1.82, 2.24) is 5.43 Å². The number of hydrogen-bond acceptors (Lipinski definition) is 5. The van der Waals surface area contributed by atoms with Gasteiger partial charge in [0, 0.05) is 16.4 Å². The van der Waals surface area contributed by atoms with Gasteiger partial charge >= 0.3 is 11.8 Å². The number of halogens is 1. The van der Waals surface area contributed by atoms with Crippen LogP contribution in [0.3, 0.4) is 0 Å². The molecule has 0 saturated carbocycles. The van der Waals surface area contributed by atoms with Crippen molar-refractivity contribution in [2.24, 2.45) is 5.10 Å². The van der Waals surface area contributed by atoms with E-state index in [-0.39, 0.29) is 12.5 Å². The quantitative estimate of drug-likeness (QED) is 0.281. The van der Waals surface area contributed by atoms with Crippen molar-refractivity contribution in [3.8, 4) is 5.75 Å². The minimum atomic E-state index is -0.939. The van der Waals surface area contributed by atoms with E-state index in [1.165, 1.54) is 12.3 Å².